The molecular weight excluding hydrogens is 749 g/mol. The van der Waals surface area contributed by atoms with E-state index in [9.17, 15) is 0 Å². The molecule has 0 aliphatic rings. The Morgan fingerprint density at radius 1 is 0.489 bits per heavy atom. The van der Waals surface area contributed by atoms with Crippen molar-refractivity contribution >= 4 is 21.5 Å². The van der Waals surface area contributed by atoms with E-state index < -0.39 is 0 Å². The smallest absolute Gasteiger partial charge is 0.0166 e. The van der Waals surface area contributed by atoms with E-state index >= 15 is 0 Å². The molecule has 0 bridgehead atoms. The number of hydrogen-bond donors (Lipinski definition) is 0. The van der Waals surface area contributed by atoms with Crippen molar-refractivity contribution in [3.63, 3.8) is 0 Å². The molecule has 0 spiro atoms. The Hall–Kier alpha value is -4.43. The van der Waals surface area contributed by atoms with Gasteiger partial charge in [0.25, 0.3) is 0 Å². The minimum atomic E-state index is 0. The average Bonchev–Trinajstić information content (AvgIpc) is 3.08. The van der Waals surface area contributed by atoms with E-state index in [2.05, 4.69) is 167 Å². The predicted octanol–water partition coefficient (Wildman–Crippen LogP) is 11.7. The van der Waals surface area contributed by atoms with Crippen LogP contribution < -0.4 is 0 Å². The molecule has 2 aromatic heterocycles. The summed E-state index contributed by atoms with van der Waals surface area (Å²) >= 11 is 0. The molecule has 0 atom stereocenters. The Bertz CT molecular complexity index is 2060. The SMILES string of the molecule is CC(C)(C)c1cc[c-]c(-c2cc(C(C)(C)C)ccn2)c1.[Ir].[c-]1cc2c(ccc3ccccc32)cc1-c1cc(-c2ccccc2)ccn1. The van der Waals surface area contributed by atoms with Gasteiger partial charge in [-0.05, 0) is 56.4 Å². The summed E-state index contributed by atoms with van der Waals surface area (Å²) in [6.45, 7) is 13.4. The molecule has 7 rings (SSSR count). The second kappa shape index (κ2) is 14.1. The second-order valence-electron chi connectivity index (χ2n) is 13.9. The van der Waals surface area contributed by atoms with Crippen molar-refractivity contribution in [1.29, 1.82) is 0 Å². The van der Waals surface area contributed by atoms with E-state index in [-0.39, 0.29) is 30.9 Å². The molecular formula is C44H40IrN2-2. The van der Waals surface area contributed by atoms with E-state index in [0.717, 1.165) is 22.5 Å². The molecule has 0 amide bonds. The fraction of sp³-hybridized carbons (Fsp3) is 0.182. The first-order valence-electron chi connectivity index (χ1n) is 15.9. The first-order chi connectivity index (χ1) is 22.1. The van der Waals surface area contributed by atoms with Gasteiger partial charge in [-0.25, -0.2) is 0 Å². The van der Waals surface area contributed by atoms with Gasteiger partial charge in [-0.2, -0.15) is 0 Å². The molecule has 0 N–H and O–H groups in total. The molecule has 7 aromatic rings. The third-order valence-corrected chi connectivity index (χ3v) is 8.39. The number of nitrogens with zero attached hydrogens (tertiary/aromatic N) is 2. The quantitative estimate of drug-likeness (QED) is 0.132. The predicted molar refractivity (Wildman–Crippen MR) is 195 cm³/mol. The van der Waals surface area contributed by atoms with Gasteiger partial charge in [0.2, 0.25) is 0 Å². The van der Waals surface area contributed by atoms with Crippen LogP contribution >= 0.6 is 0 Å². The van der Waals surface area contributed by atoms with Crippen LogP contribution in [-0.4, -0.2) is 9.97 Å². The van der Waals surface area contributed by atoms with Crippen LogP contribution in [-0.2, 0) is 30.9 Å². The maximum Gasteiger partial charge on any atom is 0.0166 e. The van der Waals surface area contributed by atoms with Gasteiger partial charge in [-0.15, -0.1) is 64.5 Å². The number of fused-ring (bicyclic) bond motifs is 3. The summed E-state index contributed by atoms with van der Waals surface area (Å²) in [5.74, 6) is 0. The van der Waals surface area contributed by atoms with Crippen molar-refractivity contribution < 1.29 is 20.1 Å². The normalized spacial score (nSPS) is 11.4. The van der Waals surface area contributed by atoms with Crippen molar-refractivity contribution in [2.24, 2.45) is 0 Å². The molecule has 0 saturated carbocycles. The first kappa shape index (κ1) is 33.9. The Morgan fingerprint density at radius 2 is 1.11 bits per heavy atom. The molecule has 1 radical (unpaired) electrons. The van der Waals surface area contributed by atoms with Gasteiger partial charge in [-0.3, -0.25) is 0 Å². The molecule has 2 heterocycles. The summed E-state index contributed by atoms with van der Waals surface area (Å²) < 4.78 is 0. The number of rotatable bonds is 3. The molecule has 0 saturated heterocycles. The summed E-state index contributed by atoms with van der Waals surface area (Å²) in [5.41, 5.74) is 9.31. The standard InChI is InChI=1S/C25H16N.C19H24N.Ir/c1-2-6-18(7-3-1)20-14-15-26-25(17-20)22-12-13-24-21(16-22)11-10-19-8-4-5-9-23(19)24;1-18(2,3)15-9-7-8-14(12-15)17-13-16(10-11-20-17)19(4,5)6;/h1-11,13-17H;7,9-13H,1-6H3;/q2*-1;. The van der Waals surface area contributed by atoms with E-state index in [1.807, 2.05) is 30.6 Å². The molecule has 0 unspecified atom stereocenters. The maximum absolute atomic E-state index is 4.57. The van der Waals surface area contributed by atoms with Crippen molar-refractivity contribution in [2.45, 2.75) is 52.4 Å². The van der Waals surface area contributed by atoms with Gasteiger partial charge in [0.15, 0.2) is 0 Å². The van der Waals surface area contributed by atoms with Gasteiger partial charge >= 0.3 is 0 Å². The van der Waals surface area contributed by atoms with E-state index in [1.165, 1.54) is 43.8 Å². The van der Waals surface area contributed by atoms with E-state index in [0.29, 0.717) is 0 Å². The number of aromatic nitrogens is 2. The Balaban J connectivity index is 0.000000188. The summed E-state index contributed by atoms with van der Waals surface area (Å²) in [5, 5.41) is 4.96. The van der Waals surface area contributed by atoms with E-state index in [1.54, 1.807) is 0 Å². The van der Waals surface area contributed by atoms with Gasteiger partial charge in [-0.1, -0.05) is 131 Å². The second-order valence-corrected chi connectivity index (χ2v) is 13.9. The van der Waals surface area contributed by atoms with Gasteiger partial charge in [0.05, 0.1) is 0 Å². The molecule has 47 heavy (non-hydrogen) atoms. The van der Waals surface area contributed by atoms with Gasteiger partial charge < -0.3 is 9.97 Å². The molecule has 2 nitrogen and oxygen atoms in total. The maximum atomic E-state index is 4.57. The van der Waals surface area contributed by atoms with Crippen LogP contribution in [0.2, 0.25) is 0 Å². The minimum Gasteiger partial charge on any atom is -0.305 e. The average molecular weight is 789 g/mol. The molecule has 5 aromatic carbocycles. The summed E-state index contributed by atoms with van der Waals surface area (Å²) in [4.78, 5) is 9.09. The Morgan fingerprint density at radius 3 is 1.85 bits per heavy atom. The minimum absolute atomic E-state index is 0. The summed E-state index contributed by atoms with van der Waals surface area (Å²) in [7, 11) is 0. The zero-order valence-corrected chi connectivity index (χ0v) is 30.3. The molecule has 3 heteroatoms. The van der Waals surface area contributed by atoms with Crippen LogP contribution in [0.15, 0.2) is 134 Å². The van der Waals surface area contributed by atoms with Crippen LogP contribution in [0, 0.1) is 12.1 Å². The third-order valence-electron chi connectivity index (χ3n) is 8.39. The first-order valence-corrected chi connectivity index (χ1v) is 15.9. The molecule has 237 valence electrons. The zero-order valence-electron chi connectivity index (χ0n) is 27.9. The molecule has 0 aliphatic heterocycles. The van der Waals surface area contributed by atoms with Crippen LogP contribution in [0.25, 0.3) is 55.2 Å². The van der Waals surface area contributed by atoms with E-state index in [4.69, 9.17) is 0 Å². The Labute approximate surface area is 293 Å². The van der Waals surface area contributed by atoms with Gasteiger partial charge in [0, 0.05) is 32.5 Å². The number of pyridine rings is 2. The van der Waals surface area contributed by atoms with Crippen LogP contribution in [0.1, 0.15) is 52.7 Å². The third kappa shape index (κ3) is 7.93. The van der Waals surface area contributed by atoms with Crippen LogP contribution in [0.5, 0.6) is 0 Å². The summed E-state index contributed by atoms with van der Waals surface area (Å²) in [6, 6.07) is 49.0. The fourth-order valence-electron chi connectivity index (χ4n) is 5.61. The largest absolute Gasteiger partial charge is 0.305 e. The zero-order chi connectivity index (χ0) is 32.3. The van der Waals surface area contributed by atoms with Crippen LogP contribution in [0.4, 0.5) is 0 Å². The molecule has 0 fully saturated rings. The Kier molecular flexibility index (Phi) is 10.2. The summed E-state index contributed by atoms with van der Waals surface area (Å²) in [6.07, 6.45) is 3.77. The van der Waals surface area contributed by atoms with Crippen molar-refractivity contribution in [2.75, 3.05) is 0 Å². The van der Waals surface area contributed by atoms with Crippen LogP contribution in [0.3, 0.4) is 0 Å². The molecule has 0 aliphatic carbocycles. The monoisotopic (exact) mass is 789 g/mol. The van der Waals surface area contributed by atoms with Crippen molar-refractivity contribution in [3.05, 3.63) is 157 Å². The van der Waals surface area contributed by atoms with Crippen molar-refractivity contribution in [3.8, 4) is 33.6 Å². The number of hydrogen-bond acceptors (Lipinski definition) is 2. The van der Waals surface area contributed by atoms with Gasteiger partial charge in [0.1, 0.15) is 0 Å². The fourth-order valence-corrected chi connectivity index (χ4v) is 5.61. The number of benzene rings is 5. The van der Waals surface area contributed by atoms with Crippen molar-refractivity contribution in [1.82, 2.24) is 9.97 Å². The topological polar surface area (TPSA) is 25.8 Å².